The first-order chi connectivity index (χ1) is 9.20. The summed E-state index contributed by atoms with van der Waals surface area (Å²) in [6.45, 7) is 5.85. The van der Waals surface area contributed by atoms with Gasteiger partial charge in [0, 0.05) is 6.07 Å². The van der Waals surface area contributed by atoms with Crippen LogP contribution in [0.2, 0.25) is 0 Å². The van der Waals surface area contributed by atoms with Crippen LogP contribution in [0.5, 0.6) is 11.5 Å². The van der Waals surface area contributed by atoms with Gasteiger partial charge in [0.25, 0.3) is 0 Å². The molecule has 0 amide bonds. The van der Waals surface area contributed by atoms with Gasteiger partial charge in [0.2, 0.25) is 0 Å². The number of phenols is 2. The normalized spacial score (nSPS) is 11.6. The summed E-state index contributed by atoms with van der Waals surface area (Å²) in [7, 11) is 0. The fraction of sp³-hybridized carbons (Fsp3) is 0.286. The van der Waals surface area contributed by atoms with Crippen LogP contribution in [0.3, 0.4) is 0 Å². The molecule has 1 aromatic heterocycles. The SMILES string of the molecule is CC(C)(C)c1cc(O)c(O)c(-c2cc(C(=O)O)no2)c1. The van der Waals surface area contributed by atoms with E-state index in [1.165, 1.54) is 12.1 Å². The maximum Gasteiger partial charge on any atom is 0.358 e. The van der Waals surface area contributed by atoms with Crippen molar-refractivity contribution in [2.24, 2.45) is 0 Å². The van der Waals surface area contributed by atoms with E-state index >= 15 is 0 Å². The average Bonchev–Trinajstić information content (AvgIpc) is 2.80. The van der Waals surface area contributed by atoms with Gasteiger partial charge in [-0.3, -0.25) is 0 Å². The Balaban J connectivity index is 2.60. The zero-order valence-corrected chi connectivity index (χ0v) is 11.3. The molecule has 0 spiro atoms. The second kappa shape index (κ2) is 4.56. The minimum atomic E-state index is -1.23. The highest BCUT2D eigenvalue weighted by molar-refractivity contribution is 5.87. The van der Waals surface area contributed by atoms with Crippen LogP contribution >= 0.6 is 0 Å². The van der Waals surface area contributed by atoms with Crippen molar-refractivity contribution < 1.29 is 24.6 Å². The monoisotopic (exact) mass is 277 g/mol. The lowest BCUT2D eigenvalue weighted by molar-refractivity contribution is 0.0686. The predicted octanol–water partition coefficient (Wildman–Crippen LogP) is 2.75. The van der Waals surface area contributed by atoms with Gasteiger partial charge in [-0.15, -0.1) is 0 Å². The molecule has 1 heterocycles. The first-order valence-corrected chi connectivity index (χ1v) is 5.97. The van der Waals surface area contributed by atoms with Crippen molar-refractivity contribution >= 4 is 5.97 Å². The molecule has 0 bridgehead atoms. The molecule has 0 aliphatic heterocycles. The average molecular weight is 277 g/mol. The van der Waals surface area contributed by atoms with E-state index in [2.05, 4.69) is 5.16 Å². The number of carboxylic acid groups (broad SMARTS) is 1. The van der Waals surface area contributed by atoms with Crippen molar-refractivity contribution in [1.82, 2.24) is 5.16 Å². The summed E-state index contributed by atoms with van der Waals surface area (Å²) in [5, 5.41) is 31.9. The third-order valence-electron chi connectivity index (χ3n) is 2.95. The summed E-state index contributed by atoms with van der Waals surface area (Å²) in [5.41, 5.74) is 0.460. The standard InChI is InChI=1S/C14H15NO5/c1-14(2,3)7-4-8(12(17)10(16)5-7)11-6-9(13(18)19)15-20-11/h4-6,16-17H,1-3H3,(H,18,19). The number of hydrogen-bond donors (Lipinski definition) is 3. The Kier molecular flexibility index (Phi) is 3.17. The largest absolute Gasteiger partial charge is 0.504 e. The van der Waals surface area contributed by atoms with E-state index in [4.69, 9.17) is 9.63 Å². The minimum Gasteiger partial charge on any atom is -0.504 e. The van der Waals surface area contributed by atoms with Crippen molar-refractivity contribution in [2.75, 3.05) is 0 Å². The zero-order valence-electron chi connectivity index (χ0n) is 11.3. The summed E-state index contributed by atoms with van der Waals surface area (Å²) in [6, 6.07) is 4.30. The minimum absolute atomic E-state index is 0.0845. The Morgan fingerprint density at radius 2 is 1.85 bits per heavy atom. The number of aromatic carboxylic acids is 1. The topological polar surface area (TPSA) is 104 Å². The molecule has 0 fully saturated rings. The van der Waals surface area contributed by atoms with Gasteiger partial charge in [-0.2, -0.15) is 0 Å². The molecule has 1 aromatic carbocycles. The van der Waals surface area contributed by atoms with Gasteiger partial charge in [0.05, 0.1) is 5.56 Å². The van der Waals surface area contributed by atoms with Gasteiger partial charge in [-0.05, 0) is 23.1 Å². The maximum atomic E-state index is 10.8. The molecule has 0 aliphatic rings. The molecule has 0 saturated carbocycles. The molecule has 0 unspecified atom stereocenters. The number of aromatic nitrogens is 1. The maximum absolute atomic E-state index is 10.8. The Hall–Kier alpha value is -2.50. The Morgan fingerprint density at radius 3 is 2.35 bits per heavy atom. The van der Waals surface area contributed by atoms with Crippen LogP contribution < -0.4 is 0 Å². The quantitative estimate of drug-likeness (QED) is 0.729. The molecule has 0 radical (unpaired) electrons. The Morgan fingerprint density at radius 1 is 1.20 bits per heavy atom. The Labute approximate surface area is 115 Å². The van der Waals surface area contributed by atoms with Crippen molar-refractivity contribution in [3.63, 3.8) is 0 Å². The molecule has 106 valence electrons. The predicted molar refractivity (Wildman–Crippen MR) is 70.9 cm³/mol. The molecule has 6 heteroatoms. The highest BCUT2D eigenvalue weighted by atomic mass is 16.5. The molecule has 2 aromatic rings. The number of nitrogens with zero attached hydrogens (tertiary/aromatic N) is 1. The third-order valence-corrected chi connectivity index (χ3v) is 2.95. The molecule has 0 atom stereocenters. The summed E-state index contributed by atoms with van der Waals surface area (Å²) in [4.78, 5) is 10.8. The fourth-order valence-corrected chi connectivity index (χ4v) is 1.74. The van der Waals surface area contributed by atoms with Crippen LogP contribution in [-0.4, -0.2) is 26.4 Å². The number of benzene rings is 1. The lowest BCUT2D eigenvalue weighted by Crippen LogP contribution is -2.10. The highest BCUT2D eigenvalue weighted by Crippen LogP contribution is 2.40. The number of carbonyl (C=O) groups is 1. The van der Waals surface area contributed by atoms with E-state index in [0.717, 1.165) is 5.56 Å². The molecular formula is C14H15NO5. The van der Waals surface area contributed by atoms with E-state index in [9.17, 15) is 15.0 Å². The van der Waals surface area contributed by atoms with Crippen LogP contribution in [0.15, 0.2) is 22.7 Å². The van der Waals surface area contributed by atoms with Crippen molar-refractivity contribution in [2.45, 2.75) is 26.2 Å². The smallest absolute Gasteiger partial charge is 0.358 e. The van der Waals surface area contributed by atoms with Crippen LogP contribution in [0, 0.1) is 0 Å². The third kappa shape index (κ3) is 2.45. The lowest BCUT2D eigenvalue weighted by Gasteiger charge is -2.20. The summed E-state index contributed by atoms with van der Waals surface area (Å²) in [6.07, 6.45) is 0. The molecule has 2 rings (SSSR count). The van der Waals surface area contributed by atoms with E-state index in [0.29, 0.717) is 0 Å². The molecular weight excluding hydrogens is 262 g/mol. The summed E-state index contributed by atoms with van der Waals surface area (Å²) >= 11 is 0. The number of rotatable bonds is 2. The van der Waals surface area contributed by atoms with E-state index < -0.39 is 5.97 Å². The lowest BCUT2D eigenvalue weighted by atomic mass is 9.85. The van der Waals surface area contributed by atoms with Gasteiger partial charge in [-0.25, -0.2) is 4.79 Å². The molecule has 3 N–H and O–H groups in total. The van der Waals surface area contributed by atoms with Crippen LogP contribution in [0.4, 0.5) is 0 Å². The van der Waals surface area contributed by atoms with Crippen molar-refractivity contribution in [3.05, 3.63) is 29.5 Å². The van der Waals surface area contributed by atoms with Crippen LogP contribution in [-0.2, 0) is 5.41 Å². The fourth-order valence-electron chi connectivity index (χ4n) is 1.74. The summed E-state index contributed by atoms with van der Waals surface area (Å²) < 4.78 is 4.91. The number of carboxylic acids is 1. The Bertz CT molecular complexity index is 667. The van der Waals surface area contributed by atoms with Gasteiger partial charge in [-0.1, -0.05) is 25.9 Å². The van der Waals surface area contributed by atoms with E-state index in [1.807, 2.05) is 20.8 Å². The van der Waals surface area contributed by atoms with Crippen LogP contribution in [0.25, 0.3) is 11.3 Å². The van der Waals surface area contributed by atoms with Crippen molar-refractivity contribution in [3.8, 4) is 22.8 Å². The zero-order chi connectivity index (χ0) is 15.1. The van der Waals surface area contributed by atoms with Gasteiger partial charge < -0.3 is 19.8 Å². The molecule has 0 aliphatic carbocycles. The van der Waals surface area contributed by atoms with Crippen LogP contribution in [0.1, 0.15) is 36.8 Å². The number of aromatic hydroxyl groups is 2. The second-order valence-corrected chi connectivity index (χ2v) is 5.52. The van der Waals surface area contributed by atoms with Gasteiger partial charge >= 0.3 is 5.97 Å². The molecule has 0 saturated heterocycles. The number of hydrogen-bond acceptors (Lipinski definition) is 5. The highest BCUT2D eigenvalue weighted by Gasteiger charge is 2.22. The molecule has 6 nitrogen and oxygen atoms in total. The first-order valence-electron chi connectivity index (χ1n) is 5.97. The van der Waals surface area contributed by atoms with E-state index in [1.54, 1.807) is 6.07 Å². The van der Waals surface area contributed by atoms with Crippen molar-refractivity contribution in [1.29, 1.82) is 0 Å². The summed E-state index contributed by atoms with van der Waals surface area (Å²) in [5.74, 6) is -1.80. The number of phenolic OH excluding ortho intramolecular Hbond substituents is 2. The first kappa shape index (κ1) is 13.9. The molecule has 20 heavy (non-hydrogen) atoms. The van der Waals surface area contributed by atoms with E-state index in [-0.39, 0.29) is 33.9 Å². The second-order valence-electron chi connectivity index (χ2n) is 5.52. The van der Waals surface area contributed by atoms with Gasteiger partial charge in [0.1, 0.15) is 0 Å². The van der Waals surface area contributed by atoms with Gasteiger partial charge in [0.15, 0.2) is 23.0 Å².